The van der Waals surface area contributed by atoms with Crippen molar-refractivity contribution in [2.24, 2.45) is 0 Å². The zero-order valence-electron chi connectivity index (χ0n) is 15.6. The van der Waals surface area contributed by atoms with E-state index in [2.05, 4.69) is 15.3 Å². The summed E-state index contributed by atoms with van der Waals surface area (Å²) in [5, 5.41) is 3.25. The second-order valence-electron chi connectivity index (χ2n) is 6.68. The average Bonchev–Trinajstić information content (AvgIpc) is 3.17. The third-order valence-electron chi connectivity index (χ3n) is 5.02. The number of aromatic amines is 1. The number of fused-ring (bicyclic) bond motifs is 1. The third kappa shape index (κ3) is 3.71. The van der Waals surface area contributed by atoms with Crippen molar-refractivity contribution >= 4 is 33.8 Å². The van der Waals surface area contributed by atoms with E-state index in [1.54, 1.807) is 24.4 Å². The quantitative estimate of drug-likeness (QED) is 0.572. The van der Waals surface area contributed by atoms with E-state index >= 15 is 0 Å². The first-order valence-corrected chi connectivity index (χ1v) is 10.1. The third-order valence-corrected chi connectivity index (χ3v) is 5.79. The molecule has 0 aliphatic carbocycles. The molecular weight excluding hydrogens is 395 g/mol. The highest BCUT2D eigenvalue weighted by Crippen LogP contribution is 2.33. The summed E-state index contributed by atoms with van der Waals surface area (Å²) in [6.07, 6.45) is 4.13. The summed E-state index contributed by atoms with van der Waals surface area (Å²) in [4.78, 5) is 19.3. The molecular formula is C20H19FN4O3S. The number of rotatable bonds is 4. The van der Waals surface area contributed by atoms with Crippen LogP contribution in [0.1, 0.15) is 22.5 Å². The molecule has 9 heteroatoms. The highest BCUT2D eigenvalue weighted by molar-refractivity contribution is 7.76. The van der Waals surface area contributed by atoms with Crippen molar-refractivity contribution < 1.29 is 17.9 Å². The van der Waals surface area contributed by atoms with Crippen molar-refractivity contribution in [1.82, 2.24) is 19.6 Å². The van der Waals surface area contributed by atoms with E-state index in [9.17, 15) is 17.9 Å². The molecule has 29 heavy (non-hydrogen) atoms. The Morgan fingerprint density at radius 3 is 2.79 bits per heavy atom. The van der Waals surface area contributed by atoms with E-state index < -0.39 is 17.1 Å². The SMILES string of the molecule is CNC(=O)c1ccc(-c2ccnc3[nH]c(C4=CCN(S(=O)O)CC4)cc23)c(F)c1. The van der Waals surface area contributed by atoms with Gasteiger partial charge in [-0.05, 0) is 41.8 Å². The zero-order chi connectivity index (χ0) is 20.5. The van der Waals surface area contributed by atoms with Gasteiger partial charge in [-0.1, -0.05) is 12.1 Å². The van der Waals surface area contributed by atoms with Crippen molar-refractivity contribution in [3.63, 3.8) is 0 Å². The number of nitrogens with one attached hydrogen (secondary N) is 2. The first kappa shape index (κ1) is 19.4. The number of pyridine rings is 1. The fraction of sp³-hybridized carbons (Fsp3) is 0.200. The van der Waals surface area contributed by atoms with Crippen molar-refractivity contribution in [1.29, 1.82) is 0 Å². The lowest BCUT2D eigenvalue weighted by Gasteiger charge is -2.21. The van der Waals surface area contributed by atoms with Crippen LogP contribution in [0, 0.1) is 5.82 Å². The van der Waals surface area contributed by atoms with Crippen LogP contribution < -0.4 is 5.32 Å². The minimum absolute atomic E-state index is 0.256. The molecule has 1 atom stereocenters. The van der Waals surface area contributed by atoms with Crippen LogP contribution in [-0.2, 0) is 11.3 Å². The molecule has 7 nitrogen and oxygen atoms in total. The second kappa shape index (κ2) is 7.86. The molecule has 1 aliphatic rings. The fourth-order valence-corrected chi connectivity index (χ4v) is 3.94. The van der Waals surface area contributed by atoms with E-state index in [0.29, 0.717) is 36.3 Å². The molecule has 1 unspecified atom stereocenters. The van der Waals surface area contributed by atoms with Gasteiger partial charge in [0, 0.05) is 48.5 Å². The van der Waals surface area contributed by atoms with E-state index in [1.165, 1.54) is 17.4 Å². The van der Waals surface area contributed by atoms with Crippen LogP contribution in [-0.4, -0.2) is 49.1 Å². The monoisotopic (exact) mass is 414 g/mol. The topological polar surface area (TPSA) is 98.3 Å². The molecule has 3 N–H and O–H groups in total. The number of amides is 1. The molecule has 150 valence electrons. The van der Waals surface area contributed by atoms with E-state index in [0.717, 1.165) is 16.7 Å². The Morgan fingerprint density at radius 1 is 1.31 bits per heavy atom. The van der Waals surface area contributed by atoms with E-state index in [4.69, 9.17) is 0 Å². The van der Waals surface area contributed by atoms with Gasteiger partial charge in [-0.2, -0.15) is 4.31 Å². The lowest BCUT2D eigenvalue weighted by Crippen LogP contribution is -2.29. The normalized spacial score (nSPS) is 15.9. The molecule has 3 aromatic rings. The maximum Gasteiger partial charge on any atom is 0.251 e. The number of H-pyrrole nitrogens is 1. The number of carbonyl (C=O) groups is 1. The predicted octanol–water partition coefficient (Wildman–Crippen LogP) is 2.95. The van der Waals surface area contributed by atoms with Crippen LogP contribution in [0.25, 0.3) is 27.7 Å². The van der Waals surface area contributed by atoms with Gasteiger partial charge in [0.15, 0.2) is 0 Å². The van der Waals surface area contributed by atoms with Gasteiger partial charge in [-0.25, -0.2) is 13.6 Å². The van der Waals surface area contributed by atoms with Crippen LogP contribution in [0.15, 0.2) is 42.6 Å². The molecule has 0 bridgehead atoms. The van der Waals surface area contributed by atoms with Gasteiger partial charge in [0.2, 0.25) is 11.3 Å². The van der Waals surface area contributed by atoms with Gasteiger partial charge in [0.05, 0.1) is 0 Å². The second-order valence-corrected chi connectivity index (χ2v) is 7.65. The number of hydrogen-bond acceptors (Lipinski definition) is 3. The Kier molecular flexibility index (Phi) is 5.27. The Bertz CT molecular complexity index is 1160. The summed E-state index contributed by atoms with van der Waals surface area (Å²) >= 11 is -1.98. The fourth-order valence-electron chi connectivity index (χ4n) is 3.49. The smallest absolute Gasteiger partial charge is 0.251 e. The Labute approximate surface area is 169 Å². The summed E-state index contributed by atoms with van der Waals surface area (Å²) in [6, 6.07) is 8.06. The molecule has 0 spiro atoms. The number of benzene rings is 1. The van der Waals surface area contributed by atoms with Crippen LogP contribution in [0.3, 0.4) is 0 Å². The Balaban J connectivity index is 1.73. The van der Waals surface area contributed by atoms with Gasteiger partial charge < -0.3 is 10.3 Å². The summed E-state index contributed by atoms with van der Waals surface area (Å²) in [7, 11) is 1.50. The van der Waals surface area contributed by atoms with Crippen molar-refractivity contribution in [2.75, 3.05) is 20.1 Å². The summed E-state index contributed by atoms with van der Waals surface area (Å²) in [5.74, 6) is -0.833. The van der Waals surface area contributed by atoms with Gasteiger partial charge in [-0.3, -0.25) is 9.35 Å². The van der Waals surface area contributed by atoms with Crippen LogP contribution >= 0.6 is 0 Å². The van der Waals surface area contributed by atoms with E-state index in [-0.39, 0.29) is 11.5 Å². The number of halogens is 1. The molecule has 0 saturated heterocycles. The predicted molar refractivity (Wildman–Crippen MR) is 110 cm³/mol. The zero-order valence-corrected chi connectivity index (χ0v) is 16.4. The standard InChI is InChI=1S/C20H19FN4O3S/c1-22-20(26)13-2-3-15(17(21)10-13)14-4-7-23-19-16(14)11-18(24-19)12-5-8-25(9-6-12)29(27)28/h2-5,7,10-11H,6,8-9H2,1H3,(H,22,26)(H,23,24)(H,27,28). The number of nitrogens with zero attached hydrogens (tertiary/aromatic N) is 2. The number of hydrogen-bond donors (Lipinski definition) is 3. The minimum atomic E-state index is -1.98. The maximum absolute atomic E-state index is 14.8. The Hall–Kier alpha value is -2.88. The minimum Gasteiger partial charge on any atom is -0.355 e. The molecule has 1 aliphatic heterocycles. The maximum atomic E-state index is 14.8. The first-order valence-electron chi connectivity index (χ1n) is 9.03. The van der Waals surface area contributed by atoms with Crippen molar-refractivity contribution in [3.8, 4) is 11.1 Å². The number of aromatic nitrogens is 2. The van der Waals surface area contributed by atoms with Gasteiger partial charge in [0.1, 0.15) is 11.5 Å². The molecule has 0 radical (unpaired) electrons. The highest BCUT2D eigenvalue weighted by atomic mass is 32.2. The molecule has 0 fully saturated rings. The van der Waals surface area contributed by atoms with Crippen molar-refractivity contribution in [3.05, 3.63) is 59.7 Å². The summed E-state index contributed by atoms with van der Waals surface area (Å²) < 4.78 is 36.6. The van der Waals surface area contributed by atoms with Crippen LogP contribution in [0.5, 0.6) is 0 Å². The molecule has 1 aromatic carbocycles. The van der Waals surface area contributed by atoms with Crippen molar-refractivity contribution in [2.45, 2.75) is 6.42 Å². The van der Waals surface area contributed by atoms with E-state index in [1.807, 2.05) is 12.1 Å². The van der Waals surface area contributed by atoms with Crippen LogP contribution in [0.2, 0.25) is 0 Å². The first-order chi connectivity index (χ1) is 14.0. The van der Waals surface area contributed by atoms with Gasteiger partial charge >= 0.3 is 0 Å². The lowest BCUT2D eigenvalue weighted by molar-refractivity contribution is 0.0962. The van der Waals surface area contributed by atoms with Gasteiger partial charge in [-0.15, -0.1) is 0 Å². The largest absolute Gasteiger partial charge is 0.355 e. The summed E-state index contributed by atoms with van der Waals surface area (Å²) in [5.41, 5.74) is 3.81. The highest BCUT2D eigenvalue weighted by Gasteiger charge is 2.19. The van der Waals surface area contributed by atoms with Gasteiger partial charge in [0.25, 0.3) is 5.91 Å². The number of carbonyl (C=O) groups excluding carboxylic acids is 1. The Morgan fingerprint density at radius 2 is 2.14 bits per heavy atom. The average molecular weight is 414 g/mol. The molecule has 0 saturated carbocycles. The molecule has 4 rings (SSSR count). The molecule has 2 aromatic heterocycles. The van der Waals surface area contributed by atoms with Crippen LogP contribution in [0.4, 0.5) is 4.39 Å². The summed E-state index contributed by atoms with van der Waals surface area (Å²) in [6.45, 7) is 0.851. The molecule has 3 heterocycles. The molecule has 1 amide bonds. The lowest BCUT2D eigenvalue weighted by atomic mass is 10.00.